The Morgan fingerprint density at radius 3 is 2.81 bits per heavy atom. The molecule has 16 heavy (non-hydrogen) atoms. The van der Waals surface area contributed by atoms with Crippen LogP contribution in [-0.2, 0) is 0 Å². The van der Waals surface area contributed by atoms with Gasteiger partial charge in [-0.1, -0.05) is 11.6 Å². The van der Waals surface area contributed by atoms with Crippen LogP contribution < -0.4 is 0 Å². The Kier molecular flexibility index (Phi) is 4.15. The van der Waals surface area contributed by atoms with Crippen LogP contribution in [0, 0.1) is 11.3 Å². The Balaban J connectivity index is 2.95. The average Bonchev–Trinajstić information content (AvgIpc) is 2.28. The number of phenols is 1. The molecule has 0 unspecified atom stereocenters. The molecule has 0 fully saturated rings. The summed E-state index contributed by atoms with van der Waals surface area (Å²) in [6.45, 7) is 2.27. The van der Waals surface area contributed by atoms with Gasteiger partial charge < -0.3 is 10.0 Å². The number of carbonyl (C=O) groups excluding carboxylic acids is 1. The van der Waals surface area contributed by atoms with Gasteiger partial charge in [-0.05, 0) is 25.1 Å². The molecule has 0 saturated carbocycles. The van der Waals surface area contributed by atoms with Crippen LogP contribution >= 0.6 is 11.6 Å². The molecule has 1 amide bonds. The lowest BCUT2D eigenvalue weighted by Gasteiger charge is -2.17. The molecule has 84 valence electrons. The molecule has 1 aromatic rings. The van der Waals surface area contributed by atoms with Gasteiger partial charge in [0, 0.05) is 12.1 Å². The third kappa shape index (κ3) is 2.65. The van der Waals surface area contributed by atoms with Gasteiger partial charge in [0.15, 0.2) is 0 Å². The number of rotatable bonds is 3. The molecule has 0 aliphatic rings. The maximum atomic E-state index is 11.9. The average molecular weight is 239 g/mol. The van der Waals surface area contributed by atoms with E-state index in [4.69, 9.17) is 16.9 Å². The zero-order valence-electron chi connectivity index (χ0n) is 8.77. The highest BCUT2D eigenvalue weighted by Crippen LogP contribution is 2.24. The van der Waals surface area contributed by atoms with E-state index in [1.54, 1.807) is 6.92 Å². The number of nitriles is 1. The minimum atomic E-state index is -0.272. The number of aromatic hydroxyl groups is 1. The molecule has 0 radical (unpaired) electrons. The van der Waals surface area contributed by atoms with Gasteiger partial charge in [0.25, 0.3) is 5.91 Å². The van der Waals surface area contributed by atoms with Gasteiger partial charge in [0.05, 0.1) is 11.1 Å². The van der Waals surface area contributed by atoms with Crippen molar-refractivity contribution in [3.05, 3.63) is 28.8 Å². The molecule has 0 atom stereocenters. The summed E-state index contributed by atoms with van der Waals surface area (Å²) in [6.07, 6.45) is 0. The Labute approximate surface area is 98.7 Å². The van der Waals surface area contributed by atoms with E-state index in [0.29, 0.717) is 12.1 Å². The SMILES string of the molecule is CCN(CC#N)C(=O)c1ccc(O)c(Cl)c1. The molecule has 0 saturated heterocycles. The van der Waals surface area contributed by atoms with Crippen LogP contribution in [0.5, 0.6) is 5.75 Å². The number of benzene rings is 1. The highest BCUT2D eigenvalue weighted by molar-refractivity contribution is 6.32. The van der Waals surface area contributed by atoms with E-state index in [1.165, 1.54) is 23.1 Å². The topological polar surface area (TPSA) is 64.3 Å². The zero-order chi connectivity index (χ0) is 12.1. The second-order valence-corrected chi connectivity index (χ2v) is 3.55. The lowest BCUT2D eigenvalue weighted by molar-refractivity contribution is 0.0784. The minimum absolute atomic E-state index is 0.0355. The van der Waals surface area contributed by atoms with Gasteiger partial charge in [-0.25, -0.2) is 0 Å². The largest absolute Gasteiger partial charge is 0.506 e. The van der Waals surface area contributed by atoms with Crippen LogP contribution in [0.25, 0.3) is 0 Å². The first-order chi connectivity index (χ1) is 7.60. The van der Waals surface area contributed by atoms with Gasteiger partial charge in [-0.2, -0.15) is 5.26 Å². The lowest BCUT2D eigenvalue weighted by Crippen LogP contribution is -2.31. The predicted octanol–water partition coefficient (Wildman–Crippen LogP) is 2.03. The van der Waals surface area contributed by atoms with Crippen LogP contribution in [0.1, 0.15) is 17.3 Å². The highest BCUT2D eigenvalue weighted by atomic mass is 35.5. The number of hydrogen-bond donors (Lipinski definition) is 1. The van der Waals surface area contributed by atoms with E-state index in [9.17, 15) is 9.90 Å². The summed E-state index contributed by atoms with van der Waals surface area (Å²) in [7, 11) is 0. The standard InChI is InChI=1S/C11H11ClN2O2/c1-2-14(6-5-13)11(16)8-3-4-10(15)9(12)7-8/h3-4,7,15H,2,6H2,1H3. The van der Waals surface area contributed by atoms with Gasteiger partial charge in [0.2, 0.25) is 0 Å². The molecule has 0 bridgehead atoms. The fourth-order valence-corrected chi connectivity index (χ4v) is 1.42. The Morgan fingerprint density at radius 2 is 2.31 bits per heavy atom. The van der Waals surface area contributed by atoms with Gasteiger partial charge >= 0.3 is 0 Å². The van der Waals surface area contributed by atoms with Crippen LogP contribution in [0.15, 0.2) is 18.2 Å². The van der Waals surface area contributed by atoms with E-state index in [2.05, 4.69) is 0 Å². The maximum Gasteiger partial charge on any atom is 0.254 e. The van der Waals surface area contributed by atoms with Crippen molar-refractivity contribution in [2.75, 3.05) is 13.1 Å². The summed E-state index contributed by atoms with van der Waals surface area (Å²) >= 11 is 5.70. The first kappa shape index (κ1) is 12.3. The van der Waals surface area contributed by atoms with E-state index < -0.39 is 0 Å². The Bertz CT molecular complexity index is 440. The lowest BCUT2D eigenvalue weighted by atomic mass is 10.2. The number of halogens is 1. The molecular formula is C11H11ClN2O2. The van der Waals surface area contributed by atoms with Crippen molar-refractivity contribution in [2.45, 2.75) is 6.92 Å². The maximum absolute atomic E-state index is 11.9. The van der Waals surface area contributed by atoms with Crippen LogP contribution in [-0.4, -0.2) is 29.0 Å². The normalized spacial score (nSPS) is 9.56. The zero-order valence-corrected chi connectivity index (χ0v) is 9.53. The fourth-order valence-electron chi connectivity index (χ4n) is 1.24. The number of hydrogen-bond acceptors (Lipinski definition) is 3. The molecule has 1 N–H and O–H groups in total. The van der Waals surface area contributed by atoms with Crippen molar-refractivity contribution in [1.29, 1.82) is 5.26 Å². The molecule has 0 aromatic heterocycles. The number of carbonyl (C=O) groups is 1. The van der Waals surface area contributed by atoms with Crippen molar-refractivity contribution in [3.8, 4) is 11.8 Å². The van der Waals surface area contributed by atoms with E-state index in [0.717, 1.165) is 0 Å². The third-order valence-corrected chi connectivity index (χ3v) is 2.43. The smallest absolute Gasteiger partial charge is 0.254 e. The van der Waals surface area contributed by atoms with Crippen LogP contribution in [0.4, 0.5) is 0 Å². The van der Waals surface area contributed by atoms with Crippen molar-refractivity contribution in [3.63, 3.8) is 0 Å². The molecule has 1 rings (SSSR count). The van der Waals surface area contributed by atoms with Gasteiger partial charge in [-0.3, -0.25) is 4.79 Å². The molecule has 0 heterocycles. The molecule has 0 aliphatic carbocycles. The molecule has 0 aliphatic heterocycles. The quantitative estimate of drug-likeness (QED) is 0.820. The van der Waals surface area contributed by atoms with Crippen molar-refractivity contribution < 1.29 is 9.90 Å². The number of phenolic OH excluding ortho intramolecular Hbond substituents is 1. The summed E-state index contributed by atoms with van der Waals surface area (Å²) in [4.78, 5) is 13.3. The van der Waals surface area contributed by atoms with E-state index in [-0.39, 0.29) is 23.2 Å². The van der Waals surface area contributed by atoms with Crippen molar-refractivity contribution in [2.24, 2.45) is 0 Å². The number of amides is 1. The van der Waals surface area contributed by atoms with Gasteiger partial charge in [0.1, 0.15) is 12.3 Å². The Morgan fingerprint density at radius 1 is 1.62 bits per heavy atom. The second kappa shape index (κ2) is 5.38. The van der Waals surface area contributed by atoms with E-state index in [1.807, 2.05) is 6.07 Å². The first-order valence-corrected chi connectivity index (χ1v) is 5.12. The van der Waals surface area contributed by atoms with Crippen molar-refractivity contribution in [1.82, 2.24) is 4.90 Å². The summed E-state index contributed by atoms with van der Waals surface area (Å²) < 4.78 is 0. The summed E-state index contributed by atoms with van der Waals surface area (Å²) in [5.41, 5.74) is 0.361. The van der Waals surface area contributed by atoms with Gasteiger partial charge in [-0.15, -0.1) is 0 Å². The Hall–Kier alpha value is -1.73. The predicted molar refractivity (Wildman–Crippen MR) is 60.3 cm³/mol. The molecule has 1 aromatic carbocycles. The second-order valence-electron chi connectivity index (χ2n) is 3.14. The minimum Gasteiger partial charge on any atom is -0.506 e. The number of nitrogens with zero attached hydrogens (tertiary/aromatic N) is 2. The van der Waals surface area contributed by atoms with Crippen molar-refractivity contribution >= 4 is 17.5 Å². The molecule has 0 spiro atoms. The molecule has 5 heteroatoms. The summed E-state index contributed by atoms with van der Waals surface area (Å²) in [5.74, 6) is -0.340. The first-order valence-electron chi connectivity index (χ1n) is 4.75. The van der Waals surface area contributed by atoms with E-state index >= 15 is 0 Å². The highest BCUT2D eigenvalue weighted by Gasteiger charge is 2.14. The van der Waals surface area contributed by atoms with Crippen LogP contribution in [0.3, 0.4) is 0 Å². The third-order valence-electron chi connectivity index (χ3n) is 2.13. The fraction of sp³-hybridized carbons (Fsp3) is 0.273. The molecule has 4 nitrogen and oxygen atoms in total. The summed E-state index contributed by atoms with van der Waals surface area (Å²) in [6, 6.07) is 6.14. The summed E-state index contributed by atoms with van der Waals surface area (Å²) in [5, 5.41) is 17.9. The monoisotopic (exact) mass is 238 g/mol. The van der Waals surface area contributed by atoms with Crippen LogP contribution in [0.2, 0.25) is 5.02 Å². The molecular weight excluding hydrogens is 228 g/mol.